The number of unbranched alkanes of at least 4 members (excludes halogenated alkanes) is 1. The molecule has 262 valence electrons. The molecule has 0 aliphatic carbocycles. The number of allylic oxidation sites excluding steroid dienone is 2. The van der Waals surface area contributed by atoms with Crippen molar-refractivity contribution in [2.75, 3.05) is 39.5 Å². The summed E-state index contributed by atoms with van der Waals surface area (Å²) in [7, 11) is 0. The predicted octanol–water partition coefficient (Wildman–Crippen LogP) is 4.23. The van der Waals surface area contributed by atoms with Gasteiger partial charge in [-0.25, -0.2) is 4.79 Å². The van der Waals surface area contributed by atoms with Crippen molar-refractivity contribution in [3.8, 4) is 0 Å². The lowest BCUT2D eigenvalue weighted by molar-refractivity contribution is -0.150. The number of alkyl carbamates (subject to hydrolysis) is 1. The van der Waals surface area contributed by atoms with Crippen LogP contribution < -0.4 is 16.0 Å². The van der Waals surface area contributed by atoms with E-state index in [1.165, 1.54) is 0 Å². The van der Waals surface area contributed by atoms with E-state index in [1.807, 2.05) is 72.8 Å². The molecule has 0 saturated carbocycles. The third-order valence-electron chi connectivity index (χ3n) is 8.01. The second-order valence-electron chi connectivity index (χ2n) is 11.9. The number of cyclic esters (lactones) is 1. The number of amides is 3. The number of benzene rings is 2. The molecule has 48 heavy (non-hydrogen) atoms. The Kier molecular flexibility index (Phi) is 18.4. The largest absolute Gasteiger partial charge is 0.463 e. The van der Waals surface area contributed by atoms with Gasteiger partial charge in [0.05, 0.1) is 37.7 Å². The van der Waals surface area contributed by atoms with Crippen LogP contribution in [-0.2, 0) is 41.6 Å². The Bertz CT molecular complexity index is 1260. The minimum absolute atomic E-state index is 0.00313. The fourth-order valence-electron chi connectivity index (χ4n) is 5.37. The van der Waals surface area contributed by atoms with Gasteiger partial charge in [-0.05, 0) is 62.5 Å². The zero-order valence-electron chi connectivity index (χ0n) is 27.8. The SMILES string of the molecule is O=C(C[C@H]1CC=CCCC[C@H](Cc2ccccc2)C(=O)OC[C@H](CCCCNC(=O)OCc2ccccc2)NC1=O)NCCOCCO. The molecule has 1 aliphatic rings. The first-order valence-corrected chi connectivity index (χ1v) is 17.0. The van der Waals surface area contributed by atoms with E-state index >= 15 is 0 Å². The van der Waals surface area contributed by atoms with E-state index in [-0.39, 0.29) is 69.7 Å². The van der Waals surface area contributed by atoms with Gasteiger partial charge in [0.15, 0.2) is 0 Å². The van der Waals surface area contributed by atoms with Crippen molar-refractivity contribution in [3.05, 3.63) is 83.9 Å². The smallest absolute Gasteiger partial charge is 0.407 e. The molecule has 4 N–H and O–H groups in total. The van der Waals surface area contributed by atoms with Gasteiger partial charge in [0, 0.05) is 19.5 Å². The van der Waals surface area contributed by atoms with Crippen molar-refractivity contribution in [3.63, 3.8) is 0 Å². The highest BCUT2D eigenvalue weighted by atomic mass is 16.5. The average Bonchev–Trinajstić information content (AvgIpc) is 3.10. The van der Waals surface area contributed by atoms with Crippen LogP contribution >= 0.6 is 0 Å². The number of nitrogens with one attached hydrogen (secondary N) is 3. The summed E-state index contributed by atoms with van der Waals surface area (Å²) in [5.41, 5.74) is 1.97. The Morgan fingerprint density at radius 2 is 1.65 bits per heavy atom. The standard InChI is InChI=1S/C37H51N3O8/c41-22-24-46-23-21-38-34(42)26-31-17-9-1-2-10-18-32(25-29-13-5-3-6-14-29)36(44)47-28-33(40-35(31)43)19-11-12-20-39-37(45)48-27-30-15-7-4-8-16-30/h1,3-9,13-16,31-33,41H,2,10-12,17-28H2,(H,38,42)(H,39,45)(H,40,43)/t31-,32-,33+/m1/s1. The predicted molar refractivity (Wildman–Crippen MR) is 182 cm³/mol. The Labute approximate surface area is 283 Å². The highest BCUT2D eigenvalue weighted by Gasteiger charge is 2.26. The number of aliphatic hydroxyl groups excluding tert-OH is 1. The van der Waals surface area contributed by atoms with Crippen molar-refractivity contribution in [2.24, 2.45) is 11.8 Å². The number of carbonyl (C=O) groups excluding carboxylic acids is 4. The molecule has 0 bridgehead atoms. The molecular formula is C37H51N3O8. The quantitative estimate of drug-likeness (QED) is 0.118. The highest BCUT2D eigenvalue weighted by molar-refractivity contribution is 5.86. The Hall–Kier alpha value is -4.22. The lowest BCUT2D eigenvalue weighted by atomic mass is 9.93. The van der Waals surface area contributed by atoms with E-state index < -0.39 is 18.1 Å². The van der Waals surface area contributed by atoms with Crippen molar-refractivity contribution >= 4 is 23.9 Å². The zero-order valence-corrected chi connectivity index (χ0v) is 27.8. The lowest BCUT2D eigenvalue weighted by Gasteiger charge is -2.24. The number of hydrogen-bond acceptors (Lipinski definition) is 8. The van der Waals surface area contributed by atoms with Gasteiger partial charge in [-0.1, -0.05) is 72.8 Å². The van der Waals surface area contributed by atoms with Crippen LogP contribution in [0.5, 0.6) is 0 Å². The summed E-state index contributed by atoms with van der Waals surface area (Å²) in [6, 6.07) is 18.8. The van der Waals surface area contributed by atoms with Gasteiger partial charge in [-0.3, -0.25) is 14.4 Å². The molecule has 0 saturated heterocycles. The van der Waals surface area contributed by atoms with Gasteiger partial charge in [-0.2, -0.15) is 0 Å². The molecule has 3 amide bonds. The van der Waals surface area contributed by atoms with Crippen LogP contribution in [0.2, 0.25) is 0 Å². The molecule has 0 radical (unpaired) electrons. The van der Waals surface area contributed by atoms with Gasteiger partial charge >= 0.3 is 12.1 Å². The Morgan fingerprint density at radius 3 is 2.40 bits per heavy atom. The van der Waals surface area contributed by atoms with Gasteiger partial charge in [-0.15, -0.1) is 0 Å². The third kappa shape index (κ3) is 16.1. The molecule has 3 atom stereocenters. The topological polar surface area (TPSA) is 152 Å². The molecule has 11 heteroatoms. The molecule has 0 aromatic heterocycles. The van der Waals surface area contributed by atoms with Crippen LogP contribution in [0.25, 0.3) is 0 Å². The van der Waals surface area contributed by atoms with E-state index in [9.17, 15) is 19.2 Å². The summed E-state index contributed by atoms with van der Waals surface area (Å²) in [6.07, 6.45) is 8.42. The number of aliphatic hydroxyl groups is 1. The van der Waals surface area contributed by atoms with Crippen LogP contribution in [0, 0.1) is 11.8 Å². The van der Waals surface area contributed by atoms with Gasteiger partial charge in [0.2, 0.25) is 11.8 Å². The molecule has 3 rings (SSSR count). The fourth-order valence-corrected chi connectivity index (χ4v) is 5.37. The summed E-state index contributed by atoms with van der Waals surface area (Å²) < 4.78 is 16.3. The second-order valence-corrected chi connectivity index (χ2v) is 11.9. The van der Waals surface area contributed by atoms with Gasteiger partial charge in [0.1, 0.15) is 13.2 Å². The highest BCUT2D eigenvalue weighted by Crippen LogP contribution is 2.20. The van der Waals surface area contributed by atoms with Gasteiger partial charge in [0.25, 0.3) is 0 Å². The number of rotatable bonds is 16. The van der Waals surface area contributed by atoms with E-state index in [2.05, 4.69) is 16.0 Å². The summed E-state index contributed by atoms with van der Waals surface area (Å²) in [5, 5.41) is 17.4. The van der Waals surface area contributed by atoms with Crippen LogP contribution in [0.3, 0.4) is 0 Å². The van der Waals surface area contributed by atoms with E-state index in [1.54, 1.807) is 0 Å². The number of esters is 1. The molecule has 0 unspecified atom stereocenters. The second kappa shape index (κ2) is 23.2. The normalized spacial score (nSPS) is 19.0. The van der Waals surface area contributed by atoms with Crippen LogP contribution in [0.15, 0.2) is 72.8 Å². The molecule has 1 heterocycles. The van der Waals surface area contributed by atoms with E-state index in [4.69, 9.17) is 19.3 Å². The minimum atomic E-state index is -0.604. The number of hydrogen-bond donors (Lipinski definition) is 4. The molecule has 0 spiro atoms. The first kappa shape index (κ1) is 38.2. The van der Waals surface area contributed by atoms with Crippen LogP contribution in [0.4, 0.5) is 4.79 Å². The molecule has 11 nitrogen and oxygen atoms in total. The van der Waals surface area contributed by atoms with E-state index in [0.717, 1.165) is 24.0 Å². The monoisotopic (exact) mass is 665 g/mol. The third-order valence-corrected chi connectivity index (χ3v) is 8.01. The van der Waals surface area contributed by atoms with Gasteiger partial charge < -0.3 is 35.3 Å². The maximum absolute atomic E-state index is 13.5. The molecular weight excluding hydrogens is 614 g/mol. The molecule has 2 aromatic rings. The molecule has 0 fully saturated rings. The fraction of sp³-hybridized carbons (Fsp3) is 0.514. The molecule has 1 aliphatic heterocycles. The van der Waals surface area contributed by atoms with Crippen LogP contribution in [-0.4, -0.2) is 74.5 Å². The summed E-state index contributed by atoms with van der Waals surface area (Å²) in [5.74, 6) is -1.75. The Morgan fingerprint density at radius 1 is 0.896 bits per heavy atom. The number of ether oxygens (including phenoxy) is 3. The molecule has 2 aromatic carbocycles. The summed E-state index contributed by atoms with van der Waals surface area (Å²) in [6.45, 7) is 1.23. The summed E-state index contributed by atoms with van der Waals surface area (Å²) in [4.78, 5) is 51.6. The van der Waals surface area contributed by atoms with Crippen molar-refractivity contribution in [1.82, 2.24) is 16.0 Å². The first-order chi connectivity index (χ1) is 23.4. The van der Waals surface area contributed by atoms with Crippen molar-refractivity contribution in [1.29, 1.82) is 0 Å². The lowest BCUT2D eigenvalue weighted by Crippen LogP contribution is -2.43. The number of carbonyl (C=O) groups is 4. The zero-order chi connectivity index (χ0) is 34.2. The van der Waals surface area contributed by atoms with Crippen molar-refractivity contribution in [2.45, 2.75) is 70.4 Å². The minimum Gasteiger partial charge on any atom is -0.463 e. The van der Waals surface area contributed by atoms with Crippen molar-refractivity contribution < 1.29 is 38.5 Å². The first-order valence-electron chi connectivity index (χ1n) is 17.0. The van der Waals surface area contributed by atoms with E-state index in [0.29, 0.717) is 45.1 Å². The van der Waals surface area contributed by atoms with Crippen LogP contribution in [0.1, 0.15) is 62.5 Å². The maximum Gasteiger partial charge on any atom is 0.407 e. The summed E-state index contributed by atoms with van der Waals surface area (Å²) >= 11 is 0. The average molecular weight is 666 g/mol. The Balaban J connectivity index is 1.58. The maximum atomic E-state index is 13.5.